The number of aliphatic hydroxyl groups excluding tert-OH is 1. The normalized spacial score (nSPS) is 12.6. The van der Waals surface area contributed by atoms with Crippen molar-refractivity contribution < 1.29 is 14.6 Å². The average Bonchev–Trinajstić information content (AvgIpc) is 2.31. The van der Waals surface area contributed by atoms with Gasteiger partial charge in [-0.15, -0.1) is 0 Å². The van der Waals surface area contributed by atoms with Crippen LogP contribution in [0.3, 0.4) is 0 Å². The molecule has 0 unspecified atom stereocenters. The van der Waals surface area contributed by atoms with Crippen LogP contribution in [0, 0.1) is 0 Å². The molecule has 1 rings (SSSR count). The molecule has 0 heterocycles. The Morgan fingerprint density at radius 1 is 1.32 bits per heavy atom. The molecule has 19 heavy (non-hydrogen) atoms. The monoisotopic (exact) mass is 331 g/mol. The van der Waals surface area contributed by atoms with E-state index in [0.29, 0.717) is 18.8 Å². The van der Waals surface area contributed by atoms with Crippen LogP contribution in [0.2, 0.25) is 0 Å². The van der Waals surface area contributed by atoms with Gasteiger partial charge in [0.05, 0.1) is 19.3 Å². The lowest BCUT2D eigenvalue weighted by Crippen LogP contribution is -2.24. The number of ether oxygens (including phenoxy) is 2. The molecular weight excluding hydrogens is 310 g/mol. The lowest BCUT2D eigenvalue weighted by atomic mass is 10.1. The molecule has 0 aliphatic rings. The molecule has 0 radical (unpaired) electrons. The van der Waals surface area contributed by atoms with E-state index in [4.69, 9.17) is 9.47 Å². The van der Waals surface area contributed by atoms with Crippen LogP contribution in [-0.2, 0) is 6.54 Å². The molecule has 0 amide bonds. The quantitative estimate of drug-likeness (QED) is 0.806. The van der Waals surface area contributed by atoms with E-state index in [-0.39, 0.29) is 12.2 Å². The summed E-state index contributed by atoms with van der Waals surface area (Å²) in [7, 11) is 1.63. The highest BCUT2D eigenvalue weighted by molar-refractivity contribution is 9.10. The van der Waals surface area contributed by atoms with Crippen molar-refractivity contribution in [1.29, 1.82) is 0 Å². The van der Waals surface area contributed by atoms with Gasteiger partial charge >= 0.3 is 0 Å². The van der Waals surface area contributed by atoms with E-state index >= 15 is 0 Å². The van der Waals surface area contributed by atoms with Crippen LogP contribution >= 0.6 is 15.9 Å². The Labute approximate surface area is 123 Å². The number of rotatable bonds is 7. The summed E-state index contributed by atoms with van der Waals surface area (Å²) in [4.78, 5) is 0. The second kappa shape index (κ2) is 7.72. The Hall–Kier alpha value is -0.780. The molecular formula is C14H22BrNO3. The maximum Gasteiger partial charge on any atom is 0.166 e. The van der Waals surface area contributed by atoms with Gasteiger partial charge in [-0.25, -0.2) is 0 Å². The molecule has 0 saturated carbocycles. The van der Waals surface area contributed by atoms with Gasteiger partial charge in [0.2, 0.25) is 0 Å². The maximum absolute atomic E-state index is 9.27. The van der Waals surface area contributed by atoms with Gasteiger partial charge in [0.25, 0.3) is 0 Å². The first-order chi connectivity index (χ1) is 8.93. The Kier molecular flexibility index (Phi) is 6.62. The SMILES string of the molecule is COc1cc(Br)cc(CNC[C@@H](C)O)c1OC(C)C. The van der Waals surface area contributed by atoms with Crippen molar-refractivity contribution in [2.24, 2.45) is 0 Å². The van der Waals surface area contributed by atoms with Crippen LogP contribution in [0.5, 0.6) is 11.5 Å². The van der Waals surface area contributed by atoms with E-state index in [1.54, 1.807) is 14.0 Å². The third kappa shape index (κ3) is 5.38. The Morgan fingerprint density at radius 2 is 2.00 bits per heavy atom. The standard InChI is InChI=1S/C14H22BrNO3/c1-9(2)19-14-11(8-16-7-10(3)17)5-12(15)6-13(14)18-4/h5-6,9-10,16-17H,7-8H2,1-4H3/t10-/m1/s1. The summed E-state index contributed by atoms with van der Waals surface area (Å²) in [5, 5.41) is 12.5. The predicted octanol–water partition coefficient (Wildman–Crippen LogP) is 2.72. The number of halogens is 1. The molecule has 0 aromatic heterocycles. The smallest absolute Gasteiger partial charge is 0.166 e. The summed E-state index contributed by atoms with van der Waals surface area (Å²) in [6.45, 7) is 6.86. The molecule has 5 heteroatoms. The van der Waals surface area contributed by atoms with Gasteiger partial charge in [-0.05, 0) is 32.9 Å². The third-order valence-corrected chi connectivity index (χ3v) is 2.88. The van der Waals surface area contributed by atoms with Crippen molar-refractivity contribution in [2.75, 3.05) is 13.7 Å². The average molecular weight is 332 g/mol. The first kappa shape index (κ1) is 16.3. The first-order valence-corrected chi connectivity index (χ1v) is 7.15. The van der Waals surface area contributed by atoms with Crippen molar-refractivity contribution in [3.63, 3.8) is 0 Å². The molecule has 2 N–H and O–H groups in total. The number of hydrogen-bond donors (Lipinski definition) is 2. The third-order valence-electron chi connectivity index (χ3n) is 2.43. The Morgan fingerprint density at radius 3 is 2.53 bits per heavy atom. The summed E-state index contributed by atoms with van der Waals surface area (Å²) in [5.41, 5.74) is 1.00. The van der Waals surface area contributed by atoms with Crippen LogP contribution in [-0.4, -0.2) is 31.0 Å². The summed E-state index contributed by atoms with van der Waals surface area (Å²) >= 11 is 3.46. The zero-order valence-electron chi connectivity index (χ0n) is 11.9. The van der Waals surface area contributed by atoms with Gasteiger partial charge in [-0.1, -0.05) is 15.9 Å². The highest BCUT2D eigenvalue weighted by Gasteiger charge is 2.14. The zero-order chi connectivity index (χ0) is 14.4. The van der Waals surface area contributed by atoms with E-state index in [1.165, 1.54) is 0 Å². The molecule has 0 fully saturated rings. The topological polar surface area (TPSA) is 50.7 Å². The van der Waals surface area contributed by atoms with Crippen LogP contribution in [0.1, 0.15) is 26.3 Å². The Balaban J connectivity index is 2.94. The predicted molar refractivity (Wildman–Crippen MR) is 79.8 cm³/mol. The second-order valence-corrected chi connectivity index (χ2v) is 5.66. The van der Waals surface area contributed by atoms with Gasteiger partial charge in [0.1, 0.15) is 0 Å². The fraction of sp³-hybridized carbons (Fsp3) is 0.571. The first-order valence-electron chi connectivity index (χ1n) is 6.36. The number of benzene rings is 1. The van der Waals surface area contributed by atoms with Gasteiger partial charge in [-0.2, -0.15) is 0 Å². The lowest BCUT2D eigenvalue weighted by Gasteiger charge is -2.18. The highest BCUT2D eigenvalue weighted by atomic mass is 79.9. The minimum atomic E-state index is -0.372. The number of methoxy groups -OCH3 is 1. The van der Waals surface area contributed by atoms with Gasteiger partial charge < -0.3 is 19.9 Å². The van der Waals surface area contributed by atoms with E-state index in [0.717, 1.165) is 15.8 Å². The van der Waals surface area contributed by atoms with E-state index in [1.807, 2.05) is 26.0 Å². The largest absolute Gasteiger partial charge is 0.493 e. The van der Waals surface area contributed by atoms with Crippen molar-refractivity contribution in [1.82, 2.24) is 5.32 Å². The number of nitrogens with one attached hydrogen (secondary N) is 1. The molecule has 0 spiro atoms. The fourth-order valence-corrected chi connectivity index (χ4v) is 2.18. The van der Waals surface area contributed by atoms with Crippen molar-refractivity contribution >= 4 is 15.9 Å². The molecule has 0 aliphatic carbocycles. The van der Waals surface area contributed by atoms with Gasteiger partial charge in [-0.3, -0.25) is 0 Å². The number of hydrogen-bond acceptors (Lipinski definition) is 4. The molecule has 108 valence electrons. The summed E-state index contributed by atoms with van der Waals surface area (Å²) < 4.78 is 12.1. The van der Waals surface area contributed by atoms with E-state index in [9.17, 15) is 5.11 Å². The van der Waals surface area contributed by atoms with E-state index in [2.05, 4.69) is 21.2 Å². The van der Waals surface area contributed by atoms with Crippen molar-refractivity contribution in [3.05, 3.63) is 22.2 Å². The van der Waals surface area contributed by atoms with Crippen molar-refractivity contribution in [2.45, 2.75) is 39.5 Å². The molecule has 1 atom stereocenters. The van der Waals surface area contributed by atoms with Crippen molar-refractivity contribution in [3.8, 4) is 11.5 Å². The molecule has 1 aromatic carbocycles. The zero-order valence-corrected chi connectivity index (χ0v) is 13.5. The summed E-state index contributed by atoms with van der Waals surface area (Å²) in [6.07, 6.45) is -0.297. The van der Waals surface area contributed by atoms with E-state index < -0.39 is 0 Å². The molecule has 0 aliphatic heterocycles. The Bertz CT molecular complexity index is 408. The lowest BCUT2D eigenvalue weighted by molar-refractivity contribution is 0.190. The molecule has 4 nitrogen and oxygen atoms in total. The van der Waals surface area contributed by atoms with Gasteiger partial charge in [0.15, 0.2) is 11.5 Å². The maximum atomic E-state index is 9.27. The summed E-state index contributed by atoms with van der Waals surface area (Å²) in [5.74, 6) is 1.45. The van der Waals surface area contributed by atoms with Gasteiger partial charge in [0, 0.05) is 23.1 Å². The summed E-state index contributed by atoms with van der Waals surface area (Å²) in [6, 6.07) is 3.88. The molecule has 0 saturated heterocycles. The highest BCUT2D eigenvalue weighted by Crippen LogP contribution is 2.35. The minimum Gasteiger partial charge on any atom is -0.493 e. The van der Waals surface area contributed by atoms with Crippen LogP contribution in [0.15, 0.2) is 16.6 Å². The minimum absolute atomic E-state index is 0.0746. The number of aliphatic hydroxyl groups is 1. The van der Waals surface area contributed by atoms with Crippen LogP contribution in [0.25, 0.3) is 0 Å². The van der Waals surface area contributed by atoms with Crippen LogP contribution < -0.4 is 14.8 Å². The van der Waals surface area contributed by atoms with Crippen LogP contribution in [0.4, 0.5) is 0 Å². The molecule has 1 aromatic rings. The fourth-order valence-electron chi connectivity index (χ4n) is 1.69. The molecule has 0 bridgehead atoms. The second-order valence-electron chi connectivity index (χ2n) is 4.74.